The quantitative estimate of drug-likeness (QED) is 0.354. The van der Waals surface area contributed by atoms with Crippen molar-refractivity contribution in [3.63, 3.8) is 0 Å². The standard InChI is InChI=1S/C21H19FN4O3S2/c1-13(28-16-9-5-3-7-14(16)22)20-24-25-21(29-20)30-12-19(27)26(2)11-18-23-15-8-4-6-10-17(15)31-18/h3-10,13H,11-12H2,1-2H3. The number of para-hydroxylation sites is 2. The van der Waals surface area contributed by atoms with Crippen LogP contribution in [0.3, 0.4) is 0 Å². The van der Waals surface area contributed by atoms with Gasteiger partial charge in [-0.25, -0.2) is 9.37 Å². The summed E-state index contributed by atoms with van der Waals surface area (Å²) in [7, 11) is 1.73. The summed E-state index contributed by atoms with van der Waals surface area (Å²) < 4.78 is 25.9. The van der Waals surface area contributed by atoms with Gasteiger partial charge in [0.05, 0.1) is 22.5 Å². The highest BCUT2D eigenvalue weighted by molar-refractivity contribution is 7.99. The molecule has 0 radical (unpaired) electrons. The van der Waals surface area contributed by atoms with E-state index in [-0.39, 0.29) is 28.5 Å². The predicted molar refractivity (Wildman–Crippen MR) is 117 cm³/mol. The van der Waals surface area contributed by atoms with E-state index in [1.807, 2.05) is 24.3 Å². The molecule has 31 heavy (non-hydrogen) atoms. The number of rotatable bonds is 8. The van der Waals surface area contributed by atoms with Crippen LogP contribution in [0.1, 0.15) is 23.9 Å². The van der Waals surface area contributed by atoms with E-state index in [1.54, 1.807) is 42.3 Å². The summed E-state index contributed by atoms with van der Waals surface area (Å²) in [5, 5.41) is 9.00. The zero-order valence-electron chi connectivity index (χ0n) is 16.8. The fraction of sp³-hybridized carbons (Fsp3) is 0.238. The Balaban J connectivity index is 1.30. The minimum atomic E-state index is -0.629. The van der Waals surface area contributed by atoms with Gasteiger partial charge >= 0.3 is 0 Å². The van der Waals surface area contributed by atoms with Crippen molar-refractivity contribution in [3.8, 4) is 5.75 Å². The molecule has 0 saturated carbocycles. The molecule has 0 saturated heterocycles. The average Bonchev–Trinajstić information content (AvgIpc) is 3.40. The number of hydrogen-bond acceptors (Lipinski definition) is 8. The molecular weight excluding hydrogens is 439 g/mol. The first-order valence-corrected chi connectivity index (χ1v) is 11.3. The second-order valence-corrected chi connectivity index (χ2v) is 8.75. The minimum Gasteiger partial charge on any atom is -0.478 e. The van der Waals surface area contributed by atoms with E-state index in [1.165, 1.54) is 12.1 Å². The van der Waals surface area contributed by atoms with Gasteiger partial charge in [0.25, 0.3) is 11.1 Å². The molecule has 0 aliphatic rings. The lowest BCUT2D eigenvalue weighted by molar-refractivity contribution is -0.127. The molecule has 0 spiro atoms. The molecule has 160 valence electrons. The number of fused-ring (bicyclic) bond motifs is 1. The summed E-state index contributed by atoms with van der Waals surface area (Å²) in [6.45, 7) is 2.12. The van der Waals surface area contributed by atoms with Crippen LogP contribution in [-0.2, 0) is 11.3 Å². The number of carbonyl (C=O) groups is 1. The van der Waals surface area contributed by atoms with E-state index in [0.29, 0.717) is 6.54 Å². The Labute approximate surface area is 186 Å². The molecule has 1 amide bonds. The van der Waals surface area contributed by atoms with Crippen LogP contribution in [0.2, 0.25) is 0 Å². The van der Waals surface area contributed by atoms with E-state index in [2.05, 4.69) is 15.2 Å². The molecule has 7 nitrogen and oxygen atoms in total. The van der Waals surface area contributed by atoms with Crippen LogP contribution in [0.5, 0.6) is 5.75 Å². The van der Waals surface area contributed by atoms with Crippen LogP contribution in [0.4, 0.5) is 4.39 Å². The number of carbonyl (C=O) groups excluding carboxylic acids is 1. The van der Waals surface area contributed by atoms with Gasteiger partial charge in [-0.05, 0) is 31.2 Å². The first kappa shape index (κ1) is 21.3. The third-order valence-corrected chi connectivity index (χ3v) is 6.19. The monoisotopic (exact) mass is 458 g/mol. The number of halogens is 1. The Hall–Kier alpha value is -2.98. The van der Waals surface area contributed by atoms with Gasteiger partial charge in [0.2, 0.25) is 5.91 Å². The number of hydrogen-bond donors (Lipinski definition) is 0. The van der Waals surface area contributed by atoms with Gasteiger partial charge in [-0.2, -0.15) is 0 Å². The maximum absolute atomic E-state index is 13.7. The van der Waals surface area contributed by atoms with Crippen LogP contribution in [0.25, 0.3) is 10.2 Å². The van der Waals surface area contributed by atoms with E-state index >= 15 is 0 Å². The third kappa shape index (κ3) is 5.20. The van der Waals surface area contributed by atoms with E-state index < -0.39 is 11.9 Å². The zero-order valence-corrected chi connectivity index (χ0v) is 18.5. The molecule has 2 heterocycles. The lowest BCUT2D eigenvalue weighted by Gasteiger charge is -2.14. The highest BCUT2D eigenvalue weighted by Gasteiger charge is 2.19. The van der Waals surface area contributed by atoms with E-state index in [9.17, 15) is 9.18 Å². The van der Waals surface area contributed by atoms with E-state index in [4.69, 9.17) is 9.15 Å². The molecule has 0 bridgehead atoms. The summed E-state index contributed by atoms with van der Waals surface area (Å²) in [5.74, 6) is -0.0917. The SMILES string of the molecule is CC(Oc1ccccc1F)c1nnc(SCC(=O)N(C)Cc2nc3ccccc3s2)o1. The van der Waals surface area contributed by atoms with Gasteiger partial charge in [0, 0.05) is 7.05 Å². The van der Waals surface area contributed by atoms with Crippen molar-refractivity contribution in [2.75, 3.05) is 12.8 Å². The van der Waals surface area contributed by atoms with Crippen molar-refractivity contribution < 1.29 is 18.3 Å². The number of nitrogens with zero attached hydrogens (tertiary/aromatic N) is 4. The van der Waals surface area contributed by atoms with Crippen molar-refractivity contribution in [1.82, 2.24) is 20.1 Å². The Bertz CT molecular complexity index is 1160. The fourth-order valence-electron chi connectivity index (χ4n) is 2.74. The number of benzene rings is 2. The number of thiazole rings is 1. The summed E-state index contributed by atoms with van der Waals surface area (Å²) in [6.07, 6.45) is -0.629. The van der Waals surface area contributed by atoms with Gasteiger partial charge in [-0.1, -0.05) is 36.0 Å². The number of ether oxygens (including phenoxy) is 1. The Morgan fingerprint density at radius 1 is 1.23 bits per heavy atom. The summed E-state index contributed by atoms with van der Waals surface area (Å²) in [5.41, 5.74) is 0.933. The molecule has 1 unspecified atom stereocenters. The third-order valence-electron chi connectivity index (χ3n) is 4.37. The molecule has 2 aromatic carbocycles. The molecule has 4 aromatic rings. The molecule has 0 N–H and O–H groups in total. The largest absolute Gasteiger partial charge is 0.478 e. The van der Waals surface area contributed by atoms with Gasteiger partial charge in [0.15, 0.2) is 17.7 Å². The molecule has 1 atom stereocenters. The molecular formula is C21H19FN4O3S2. The van der Waals surface area contributed by atoms with E-state index in [0.717, 1.165) is 27.0 Å². The van der Waals surface area contributed by atoms with Crippen molar-refractivity contribution in [2.24, 2.45) is 0 Å². The van der Waals surface area contributed by atoms with Crippen LogP contribution in [0.15, 0.2) is 58.2 Å². The minimum absolute atomic E-state index is 0.0836. The van der Waals surface area contributed by atoms with Crippen molar-refractivity contribution in [3.05, 3.63) is 65.2 Å². The van der Waals surface area contributed by atoms with Gasteiger partial charge in [-0.15, -0.1) is 21.5 Å². The smallest absolute Gasteiger partial charge is 0.277 e. The highest BCUT2D eigenvalue weighted by Crippen LogP contribution is 2.26. The maximum atomic E-state index is 13.7. The molecule has 0 aliphatic heterocycles. The lowest BCUT2D eigenvalue weighted by Crippen LogP contribution is -2.27. The second kappa shape index (κ2) is 9.44. The first-order chi connectivity index (χ1) is 15.0. The maximum Gasteiger partial charge on any atom is 0.277 e. The normalized spacial score (nSPS) is 12.1. The Kier molecular flexibility index (Phi) is 6.47. The first-order valence-electron chi connectivity index (χ1n) is 9.45. The van der Waals surface area contributed by atoms with Crippen molar-refractivity contribution >= 4 is 39.2 Å². The molecule has 4 rings (SSSR count). The number of amides is 1. The summed E-state index contributed by atoms with van der Waals surface area (Å²) in [4.78, 5) is 18.7. The zero-order chi connectivity index (χ0) is 21.8. The van der Waals surface area contributed by atoms with Crippen LogP contribution in [-0.4, -0.2) is 38.8 Å². The van der Waals surface area contributed by atoms with Crippen LogP contribution < -0.4 is 4.74 Å². The van der Waals surface area contributed by atoms with Gasteiger partial charge in [-0.3, -0.25) is 4.79 Å². The number of thioether (sulfide) groups is 1. The average molecular weight is 459 g/mol. The topological polar surface area (TPSA) is 81.4 Å². The molecule has 10 heteroatoms. The second-order valence-electron chi connectivity index (χ2n) is 6.71. The Morgan fingerprint density at radius 3 is 2.81 bits per heavy atom. The lowest BCUT2D eigenvalue weighted by atomic mass is 10.3. The van der Waals surface area contributed by atoms with Gasteiger partial charge < -0.3 is 14.1 Å². The molecule has 0 aliphatic carbocycles. The highest BCUT2D eigenvalue weighted by atomic mass is 32.2. The number of aromatic nitrogens is 3. The Morgan fingerprint density at radius 2 is 2.00 bits per heavy atom. The van der Waals surface area contributed by atoms with Crippen LogP contribution >= 0.6 is 23.1 Å². The summed E-state index contributed by atoms with van der Waals surface area (Å²) in [6, 6.07) is 14.0. The van der Waals surface area contributed by atoms with Crippen molar-refractivity contribution in [1.29, 1.82) is 0 Å². The van der Waals surface area contributed by atoms with Gasteiger partial charge in [0.1, 0.15) is 5.01 Å². The fourth-order valence-corrected chi connectivity index (χ4v) is 4.47. The summed E-state index contributed by atoms with van der Waals surface area (Å²) >= 11 is 2.71. The predicted octanol–water partition coefficient (Wildman–Crippen LogP) is 4.71. The molecule has 0 fully saturated rings. The van der Waals surface area contributed by atoms with Crippen LogP contribution in [0, 0.1) is 5.82 Å². The van der Waals surface area contributed by atoms with Crippen molar-refractivity contribution in [2.45, 2.75) is 24.8 Å². The molecule has 2 aromatic heterocycles.